The van der Waals surface area contributed by atoms with Crippen LogP contribution in [0.1, 0.15) is 54.0 Å². The van der Waals surface area contributed by atoms with Crippen molar-refractivity contribution in [3.63, 3.8) is 0 Å². The molecule has 0 spiro atoms. The van der Waals surface area contributed by atoms with Gasteiger partial charge in [-0.05, 0) is 48.8 Å². The molecule has 5 nitrogen and oxygen atoms in total. The van der Waals surface area contributed by atoms with Crippen molar-refractivity contribution in [1.29, 1.82) is 0 Å². The summed E-state index contributed by atoms with van der Waals surface area (Å²) in [7, 11) is -4.50. The molecule has 5 atom stereocenters. The molecule has 1 fully saturated rings. The molecular formula is C27H48O5SSi2. The molecule has 0 radical (unpaired) electrons. The number of hydrogen-bond donors (Lipinski definition) is 1. The molecule has 0 saturated heterocycles. The first-order chi connectivity index (χ1) is 15.9. The second-order valence-corrected chi connectivity index (χ2v) is 23.4. The molecule has 8 heteroatoms. The first-order valence-electron chi connectivity index (χ1n) is 12.8. The van der Waals surface area contributed by atoms with Gasteiger partial charge in [-0.2, -0.15) is 11.8 Å². The maximum absolute atomic E-state index is 13.2. The fraction of sp³-hybridized carbons (Fsp3) is 0.741. The molecule has 1 aliphatic rings. The molecule has 1 saturated carbocycles. The van der Waals surface area contributed by atoms with E-state index >= 15 is 0 Å². The summed E-state index contributed by atoms with van der Waals surface area (Å²) in [5.41, 5.74) is 1.18. The predicted octanol–water partition coefficient (Wildman–Crippen LogP) is 6.62. The number of hydrogen-bond acceptors (Lipinski definition) is 6. The standard InChI is InChI=1S/C27H48O5SSi2/c1-12-30-25(29)20-21(28)22(31-34(8,9)26(2,3)4)23(32-35(10,11)27(5,6)7)24(20)33-18-19-16-14-13-15-17-19/h13-17,20-24,28H,12,18H2,1-11H3/t20-,21+,22-,23+,24+/m0/s1. The zero-order valence-corrected chi connectivity index (χ0v) is 26.5. The van der Waals surface area contributed by atoms with Gasteiger partial charge in [-0.1, -0.05) is 71.9 Å². The topological polar surface area (TPSA) is 65.0 Å². The van der Waals surface area contributed by atoms with Crippen LogP contribution in [0, 0.1) is 5.92 Å². The Morgan fingerprint density at radius 3 is 1.86 bits per heavy atom. The molecule has 35 heavy (non-hydrogen) atoms. The van der Waals surface area contributed by atoms with Crippen LogP contribution >= 0.6 is 11.8 Å². The fourth-order valence-electron chi connectivity index (χ4n) is 3.77. The molecule has 200 valence electrons. The van der Waals surface area contributed by atoms with Crippen LogP contribution in [0.15, 0.2) is 30.3 Å². The Balaban J connectivity index is 2.53. The Morgan fingerprint density at radius 2 is 1.40 bits per heavy atom. The number of ether oxygens (including phenoxy) is 1. The molecule has 0 amide bonds. The van der Waals surface area contributed by atoms with Gasteiger partial charge in [-0.25, -0.2) is 0 Å². The van der Waals surface area contributed by atoms with Gasteiger partial charge in [-0.3, -0.25) is 4.79 Å². The van der Waals surface area contributed by atoms with Gasteiger partial charge in [0.05, 0.1) is 30.8 Å². The molecule has 2 rings (SSSR count). The maximum Gasteiger partial charge on any atom is 0.312 e. The summed E-state index contributed by atoms with van der Waals surface area (Å²) in [5, 5.41) is 11.3. The van der Waals surface area contributed by atoms with Crippen LogP contribution in [-0.4, -0.2) is 57.9 Å². The van der Waals surface area contributed by atoms with Crippen LogP contribution < -0.4 is 0 Å². The number of rotatable bonds is 9. The van der Waals surface area contributed by atoms with E-state index in [-0.39, 0.29) is 27.9 Å². The lowest BCUT2D eigenvalue weighted by atomic mass is 10.1. The van der Waals surface area contributed by atoms with E-state index < -0.39 is 40.9 Å². The summed E-state index contributed by atoms with van der Waals surface area (Å²) in [5.74, 6) is -0.345. The van der Waals surface area contributed by atoms with Gasteiger partial charge in [0.15, 0.2) is 16.6 Å². The van der Waals surface area contributed by atoms with E-state index in [0.717, 1.165) is 5.75 Å². The highest BCUT2D eigenvalue weighted by atomic mass is 32.2. The van der Waals surface area contributed by atoms with E-state index in [1.807, 2.05) is 18.2 Å². The van der Waals surface area contributed by atoms with Crippen molar-refractivity contribution in [2.24, 2.45) is 5.92 Å². The SMILES string of the molecule is CCOC(=O)[C@H]1[C@@H](O)[C@H](O[Si](C)(C)C(C)(C)C)[C@@H](O[Si](C)(C)C(C)(C)C)[C@@H]1SCc1ccccc1. The van der Waals surface area contributed by atoms with Crippen LogP contribution in [-0.2, 0) is 24.1 Å². The van der Waals surface area contributed by atoms with Crippen LogP contribution in [0.25, 0.3) is 0 Å². The van der Waals surface area contributed by atoms with Crippen LogP contribution in [0.3, 0.4) is 0 Å². The van der Waals surface area contributed by atoms with Crippen molar-refractivity contribution in [2.45, 2.75) is 114 Å². The van der Waals surface area contributed by atoms with Gasteiger partial charge in [0.2, 0.25) is 0 Å². The number of carbonyl (C=O) groups is 1. The Labute approximate surface area is 220 Å². The lowest BCUT2D eigenvalue weighted by molar-refractivity contribution is -0.151. The zero-order valence-electron chi connectivity index (χ0n) is 23.7. The van der Waals surface area contributed by atoms with Gasteiger partial charge >= 0.3 is 5.97 Å². The molecule has 1 N–H and O–H groups in total. The molecular weight excluding hydrogens is 493 g/mol. The second kappa shape index (κ2) is 11.4. The summed E-state index contributed by atoms with van der Waals surface area (Å²) < 4.78 is 19.3. The molecule has 1 aliphatic carbocycles. The van der Waals surface area contributed by atoms with Crippen molar-refractivity contribution >= 4 is 34.4 Å². The van der Waals surface area contributed by atoms with Gasteiger partial charge in [0, 0.05) is 11.0 Å². The van der Waals surface area contributed by atoms with Gasteiger partial charge in [0.1, 0.15) is 0 Å². The zero-order chi connectivity index (χ0) is 26.8. The normalized spacial score (nSPS) is 26.1. The van der Waals surface area contributed by atoms with E-state index in [0.29, 0.717) is 0 Å². The fourth-order valence-corrected chi connectivity index (χ4v) is 7.94. The van der Waals surface area contributed by atoms with Crippen LogP contribution in [0.2, 0.25) is 36.3 Å². The molecule has 1 aromatic rings. The Kier molecular flexibility index (Phi) is 9.95. The molecule has 1 aromatic carbocycles. The third-order valence-electron chi connectivity index (χ3n) is 8.02. The first-order valence-corrected chi connectivity index (χ1v) is 19.7. The van der Waals surface area contributed by atoms with Gasteiger partial charge in [0.25, 0.3) is 0 Å². The lowest BCUT2D eigenvalue weighted by Crippen LogP contribution is -2.53. The smallest absolute Gasteiger partial charge is 0.312 e. The van der Waals surface area contributed by atoms with Crippen molar-refractivity contribution < 1.29 is 23.5 Å². The number of carbonyl (C=O) groups excluding carboxylic acids is 1. The van der Waals surface area contributed by atoms with E-state index in [1.54, 1.807) is 18.7 Å². The lowest BCUT2D eigenvalue weighted by Gasteiger charge is -2.44. The third kappa shape index (κ3) is 7.23. The monoisotopic (exact) mass is 540 g/mol. The predicted molar refractivity (Wildman–Crippen MR) is 152 cm³/mol. The Morgan fingerprint density at radius 1 is 0.914 bits per heavy atom. The molecule has 0 unspecified atom stereocenters. The van der Waals surface area contributed by atoms with E-state index in [1.165, 1.54) is 5.56 Å². The number of aliphatic hydroxyl groups is 1. The number of aliphatic hydroxyl groups excluding tert-OH is 1. The Bertz CT molecular complexity index is 832. The molecule has 0 heterocycles. The maximum atomic E-state index is 13.2. The summed E-state index contributed by atoms with van der Waals surface area (Å²) in [6, 6.07) is 10.2. The van der Waals surface area contributed by atoms with Crippen LogP contribution in [0.5, 0.6) is 0 Å². The minimum Gasteiger partial charge on any atom is -0.466 e. The Hall–Kier alpha value is -0.646. The van der Waals surface area contributed by atoms with Crippen molar-refractivity contribution in [3.05, 3.63) is 35.9 Å². The highest BCUT2D eigenvalue weighted by molar-refractivity contribution is 7.99. The third-order valence-corrected chi connectivity index (χ3v) is 18.4. The highest BCUT2D eigenvalue weighted by Crippen LogP contribution is 2.48. The van der Waals surface area contributed by atoms with E-state index in [2.05, 4.69) is 79.9 Å². The number of benzene rings is 1. The summed E-state index contributed by atoms with van der Waals surface area (Å²) >= 11 is 1.67. The average molecular weight is 541 g/mol. The van der Waals surface area contributed by atoms with Crippen molar-refractivity contribution in [1.82, 2.24) is 0 Å². The second-order valence-electron chi connectivity index (χ2n) is 12.7. The van der Waals surface area contributed by atoms with Gasteiger partial charge in [-0.15, -0.1) is 0 Å². The highest BCUT2D eigenvalue weighted by Gasteiger charge is 2.59. The minimum absolute atomic E-state index is 0.0177. The number of esters is 1. The van der Waals surface area contributed by atoms with Crippen molar-refractivity contribution in [2.75, 3.05) is 6.61 Å². The van der Waals surface area contributed by atoms with Crippen molar-refractivity contribution in [3.8, 4) is 0 Å². The molecule has 0 bridgehead atoms. The summed E-state index contributed by atoms with van der Waals surface area (Å²) in [4.78, 5) is 13.2. The van der Waals surface area contributed by atoms with Gasteiger partial charge < -0.3 is 18.7 Å². The largest absolute Gasteiger partial charge is 0.466 e. The molecule has 0 aromatic heterocycles. The summed E-state index contributed by atoms with van der Waals surface area (Å²) in [6.45, 7) is 24.1. The number of thioether (sulfide) groups is 1. The minimum atomic E-state index is -2.26. The quantitative estimate of drug-likeness (QED) is 0.280. The molecule has 0 aliphatic heterocycles. The van der Waals surface area contributed by atoms with E-state index in [9.17, 15) is 9.90 Å². The van der Waals surface area contributed by atoms with E-state index in [4.69, 9.17) is 13.6 Å². The first kappa shape index (κ1) is 30.6. The average Bonchev–Trinajstić information content (AvgIpc) is 2.96. The summed E-state index contributed by atoms with van der Waals surface area (Å²) in [6.07, 6.45) is -1.96. The van der Waals surface area contributed by atoms with Crippen LogP contribution in [0.4, 0.5) is 0 Å².